The summed E-state index contributed by atoms with van der Waals surface area (Å²) in [5.41, 5.74) is 6.81. The number of nitrogen functional groups attached to an aromatic ring is 1. The van der Waals surface area contributed by atoms with Gasteiger partial charge in [-0.05, 0) is 30.7 Å². The van der Waals surface area contributed by atoms with Gasteiger partial charge in [0.25, 0.3) is 11.5 Å². The highest BCUT2D eigenvalue weighted by molar-refractivity contribution is 7.79. The Bertz CT molecular complexity index is 1370. The SMILES string of the molecule is Nc1nc2c(c(=O)[nH]1)N1CN(c3ccc(C(=O)N[C@@H](CCC(=O)O)C(=O)O)cc3)C[C@H]1CN2.O=S(=O)(O)O. The van der Waals surface area contributed by atoms with Crippen molar-refractivity contribution in [1.82, 2.24) is 15.3 Å². The lowest BCUT2D eigenvalue weighted by atomic mass is 10.1. The van der Waals surface area contributed by atoms with E-state index < -0.39 is 34.3 Å². The van der Waals surface area contributed by atoms with Gasteiger partial charge in [-0.25, -0.2) is 4.79 Å². The molecule has 4 rings (SSSR count). The number of rotatable bonds is 7. The Kier molecular flexibility index (Phi) is 8.39. The van der Waals surface area contributed by atoms with Crippen LogP contribution in [0.1, 0.15) is 23.2 Å². The van der Waals surface area contributed by atoms with Crippen LogP contribution in [-0.2, 0) is 20.0 Å². The lowest BCUT2D eigenvalue weighted by Gasteiger charge is -2.31. The number of hydrogen-bond donors (Lipinski definition) is 8. The molecule has 2 aromatic rings. The highest BCUT2D eigenvalue weighted by Gasteiger charge is 2.37. The molecule has 9 N–H and O–H groups in total. The molecule has 17 nitrogen and oxygen atoms in total. The Morgan fingerprint density at radius 1 is 1.18 bits per heavy atom. The van der Waals surface area contributed by atoms with Crippen LogP contribution in [0.2, 0.25) is 0 Å². The fraction of sp³-hybridized carbons (Fsp3) is 0.350. The van der Waals surface area contributed by atoms with E-state index in [1.165, 1.54) is 0 Å². The van der Waals surface area contributed by atoms with Crippen molar-refractivity contribution in [1.29, 1.82) is 0 Å². The molecule has 38 heavy (non-hydrogen) atoms. The Morgan fingerprint density at radius 2 is 1.82 bits per heavy atom. The van der Waals surface area contributed by atoms with Crippen LogP contribution in [0.3, 0.4) is 0 Å². The third kappa shape index (κ3) is 7.31. The third-order valence-electron chi connectivity index (χ3n) is 5.65. The number of carboxylic acids is 2. The molecule has 0 saturated carbocycles. The maximum atomic E-state index is 12.4. The van der Waals surface area contributed by atoms with Gasteiger partial charge in [-0.3, -0.25) is 28.5 Å². The van der Waals surface area contributed by atoms with Crippen molar-refractivity contribution in [3.8, 4) is 0 Å². The monoisotopic (exact) mass is 555 g/mol. The van der Waals surface area contributed by atoms with Gasteiger partial charge >= 0.3 is 22.3 Å². The van der Waals surface area contributed by atoms with Gasteiger partial charge in [0.2, 0.25) is 5.95 Å². The summed E-state index contributed by atoms with van der Waals surface area (Å²) in [4.78, 5) is 57.5. The molecular formula is C20H25N7O10S. The molecule has 1 aromatic heterocycles. The minimum absolute atomic E-state index is 0.0394. The lowest BCUT2D eigenvalue weighted by Crippen LogP contribution is -2.44. The molecule has 1 amide bonds. The van der Waals surface area contributed by atoms with E-state index in [-0.39, 0.29) is 36.0 Å². The number of nitrogens with zero attached hydrogens (tertiary/aromatic N) is 3. The summed E-state index contributed by atoms with van der Waals surface area (Å²) in [6.07, 6.45) is -0.583. The number of carboxylic acid groups (broad SMARTS) is 2. The summed E-state index contributed by atoms with van der Waals surface area (Å²) >= 11 is 0. The van der Waals surface area contributed by atoms with Crippen molar-refractivity contribution >= 4 is 51.4 Å². The first-order valence-electron chi connectivity index (χ1n) is 10.9. The number of nitrogens with two attached hydrogens (primary N) is 1. The number of amides is 1. The van der Waals surface area contributed by atoms with Crippen LogP contribution in [-0.4, -0.2) is 87.4 Å². The van der Waals surface area contributed by atoms with Gasteiger partial charge < -0.3 is 36.4 Å². The Balaban J connectivity index is 0.000000732. The molecular weight excluding hydrogens is 530 g/mol. The minimum atomic E-state index is -4.67. The molecule has 1 saturated heterocycles. The largest absolute Gasteiger partial charge is 0.481 e. The van der Waals surface area contributed by atoms with Gasteiger partial charge in [-0.15, -0.1) is 0 Å². The minimum Gasteiger partial charge on any atom is -0.481 e. The van der Waals surface area contributed by atoms with Crippen molar-refractivity contribution in [2.75, 3.05) is 40.6 Å². The van der Waals surface area contributed by atoms with Gasteiger partial charge in [0, 0.05) is 30.8 Å². The second-order valence-electron chi connectivity index (χ2n) is 8.31. The number of anilines is 4. The fourth-order valence-electron chi connectivity index (χ4n) is 4.00. The molecule has 3 heterocycles. The average Bonchev–Trinajstić information content (AvgIpc) is 3.24. The average molecular weight is 556 g/mol. The third-order valence-corrected chi connectivity index (χ3v) is 5.65. The van der Waals surface area contributed by atoms with Crippen molar-refractivity contribution < 1.29 is 42.1 Å². The Hall–Kier alpha value is -4.42. The number of H-pyrrole nitrogens is 1. The molecule has 0 bridgehead atoms. The molecule has 2 aliphatic rings. The smallest absolute Gasteiger partial charge is 0.394 e. The molecule has 1 aromatic carbocycles. The summed E-state index contributed by atoms with van der Waals surface area (Å²) in [5.74, 6) is -2.55. The van der Waals surface area contributed by atoms with Gasteiger partial charge in [0.15, 0.2) is 5.82 Å². The number of nitrogens with one attached hydrogen (secondary N) is 3. The zero-order valence-electron chi connectivity index (χ0n) is 19.6. The van der Waals surface area contributed by atoms with E-state index in [4.69, 9.17) is 28.4 Å². The van der Waals surface area contributed by atoms with Crippen LogP contribution < -0.4 is 31.7 Å². The van der Waals surface area contributed by atoms with Gasteiger partial charge in [0.1, 0.15) is 11.7 Å². The van der Waals surface area contributed by atoms with Crippen molar-refractivity contribution in [3.05, 3.63) is 40.2 Å². The van der Waals surface area contributed by atoms with E-state index in [9.17, 15) is 24.3 Å². The highest BCUT2D eigenvalue weighted by Crippen LogP contribution is 2.32. The number of fused-ring (bicyclic) bond motifs is 3. The van der Waals surface area contributed by atoms with Crippen LogP contribution in [0.4, 0.5) is 23.1 Å². The predicted octanol–water partition coefficient (Wildman–Crippen LogP) is -1.17. The summed E-state index contributed by atoms with van der Waals surface area (Å²) in [7, 11) is -4.67. The van der Waals surface area contributed by atoms with Crippen molar-refractivity contribution in [2.24, 2.45) is 0 Å². The first-order valence-corrected chi connectivity index (χ1v) is 12.3. The summed E-state index contributed by atoms with van der Waals surface area (Å²) in [5, 5.41) is 23.4. The molecule has 2 atom stereocenters. The van der Waals surface area contributed by atoms with Gasteiger partial charge in [-0.1, -0.05) is 0 Å². The summed E-state index contributed by atoms with van der Waals surface area (Å²) < 4.78 is 31.6. The summed E-state index contributed by atoms with van der Waals surface area (Å²) in [6, 6.07) is 5.35. The van der Waals surface area contributed by atoms with E-state index in [0.29, 0.717) is 31.3 Å². The number of aromatic amines is 1. The highest BCUT2D eigenvalue weighted by atomic mass is 32.3. The quantitative estimate of drug-likeness (QED) is 0.187. The molecule has 1 fully saturated rings. The molecule has 206 valence electrons. The van der Waals surface area contributed by atoms with Gasteiger partial charge in [-0.2, -0.15) is 13.4 Å². The van der Waals surface area contributed by atoms with Crippen LogP contribution in [0.5, 0.6) is 0 Å². The fourth-order valence-corrected chi connectivity index (χ4v) is 4.00. The maximum Gasteiger partial charge on any atom is 0.394 e. The number of carbonyl (C=O) groups excluding carboxylic acids is 1. The Labute approximate surface area is 214 Å². The molecule has 2 aliphatic heterocycles. The summed E-state index contributed by atoms with van der Waals surface area (Å²) in [6.45, 7) is 1.67. The van der Waals surface area contributed by atoms with E-state index >= 15 is 0 Å². The normalized spacial score (nSPS) is 16.7. The predicted molar refractivity (Wildman–Crippen MR) is 133 cm³/mol. The molecule has 0 spiro atoms. The standard InChI is InChI=1S/C20H23N7O6.H2O4S/c21-20-24-16-15(18(31)25-20)27-9-26(8-12(27)7-22-16)11-3-1-10(2-4-11)17(30)23-13(19(32)33)5-6-14(28)29;1-5(2,3)4/h1-4,12-13H,5-9H2,(H,23,30)(H,28,29)(H,32,33)(H4,21,22,24,25,31);(H2,1,2,3,4)/t12-,13+;/m1./s1. The first-order chi connectivity index (χ1) is 17.7. The Morgan fingerprint density at radius 3 is 2.39 bits per heavy atom. The first kappa shape index (κ1) is 28.2. The zero-order valence-corrected chi connectivity index (χ0v) is 20.4. The van der Waals surface area contributed by atoms with Crippen LogP contribution in [0.15, 0.2) is 29.1 Å². The lowest BCUT2D eigenvalue weighted by molar-refractivity contribution is -0.140. The van der Waals surface area contributed by atoms with Crippen molar-refractivity contribution in [2.45, 2.75) is 24.9 Å². The second-order valence-corrected chi connectivity index (χ2v) is 9.20. The van der Waals surface area contributed by atoms with Gasteiger partial charge in [0.05, 0.1) is 12.7 Å². The molecule has 0 aliphatic carbocycles. The maximum absolute atomic E-state index is 12.4. The van der Waals surface area contributed by atoms with Crippen molar-refractivity contribution in [3.63, 3.8) is 0 Å². The molecule has 18 heteroatoms. The van der Waals surface area contributed by atoms with Crippen LogP contribution >= 0.6 is 0 Å². The van der Waals surface area contributed by atoms with E-state index in [1.54, 1.807) is 24.3 Å². The van der Waals surface area contributed by atoms with Crippen LogP contribution in [0, 0.1) is 0 Å². The number of carbonyl (C=O) groups is 3. The number of aromatic nitrogens is 2. The molecule has 0 unspecified atom stereocenters. The van der Waals surface area contributed by atoms with E-state index in [0.717, 1.165) is 5.69 Å². The zero-order chi connectivity index (χ0) is 28.2. The number of aliphatic carboxylic acids is 2. The van der Waals surface area contributed by atoms with Crippen LogP contribution in [0.25, 0.3) is 0 Å². The number of hydrogen-bond acceptors (Lipinski definition) is 11. The second kappa shape index (κ2) is 11.3. The van der Waals surface area contributed by atoms with E-state index in [2.05, 4.69) is 20.6 Å². The number of benzene rings is 1. The molecule has 0 radical (unpaired) electrons. The van der Waals surface area contributed by atoms with E-state index in [1.807, 2.05) is 9.80 Å². The topological polar surface area (TPSA) is 269 Å².